The number of rotatable bonds is 5. The van der Waals surface area contributed by atoms with Gasteiger partial charge in [-0.15, -0.1) is 0 Å². The number of hydrogen-bond acceptors (Lipinski definition) is 4. The minimum absolute atomic E-state index is 0.0140. The lowest BCUT2D eigenvalue weighted by atomic mass is 10.2. The molecular weight excluding hydrogens is 363 g/mol. The molecule has 2 rings (SSSR count). The minimum atomic E-state index is -0.209. The fraction of sp³-hybridized carbons (Fsp3) is 0.357. The van der Waals surface area contributed by atoms with Crippen LogP contribution in [-0.2, 0) is 9.59 Å². The Labute approximate surface area is 148 Å². The number of halogens is 2. The quantitative estimate of drug-likeness (QED) is 0.790. The van der Waals surface area contributed by atoms with Crippen LogP contribution in [0.4, 0.5) is 5.69 Å². The Morgan fingerprint density at radius 3 is 2.73 bits per heavy atom. The number of anilines is 1. The van der Waals surface area contributed by atoms with E-state index in [2.05, 4.69) is 5.32 Å². The van der Waals surface area contributed by atoms with Gasteiger partial charge in [-0.1, -0.05) is 54.1 Å². The average Bonchev–Trinajstić information content (AvgIpc) is 2.75. The highest BCUT2D eigenvalue weighted by Crippen LogP contribution is 2.29. The molecule has 0 saturated carbocycles. The third-order valence-corrected chi connectivity index (χ3v) is 5.63. The summed E-state index contributed by atoms with van der Waals surface area (Å²) < 4.78 is 0.541. The molecule has 1 aliphatic heterocycles. The van der Waals surface area contributed by atoms with Crippen LogP contribution in [0.15, 0.2) is 18.2 Å². The number of thioether (sulfide) groups is 1. The molecule has 0 aliphatic carbocycles. The molecule has 8 heteroatoms. The highest BCUT2D eigenvalue weighted by atomic mass is 35.5. The first kappa shape index (κ1) is 17.5. The summed E-state index contributed by atoms with van der Waals surface area (Å²) in [7, 11) is 0. The maximum atomic E-state index is 12.1. The number of thiocarbonyl (C=S) groups is 1. The summed E-state index contributed by atoms with van der Waals surface area (Å²) in [5.41, 5.74) is 0.565. The molecule has 0 aromatic heterocycles. The highest BCUT2D eigenvalue weighted by molar-refractivity contribution is 8.24. The Morgan fingerprint density at radius 2 is 2.14 bits per heavy atom. The molecule has 0 radical (unpaired) electrons. The minimum Gasteiger partial charge on any atom is -0.326 e. The molecule has 22 heavy (non-hydrogen) atoms. The molecular formula is C14H14Cl2N2O2S2. The van der Waals surface area contributed by atoms with E-state index >= 15 is 0 Å². The van der Waals surface area contributed by atoms with Gasteiger partial charge >= 0.3 is 0 Å². The van der Waals surface area contributed by atoms with Gasteiger partial charge in [-0.05, 0) is 24.6 Å². The average molecular weight is 377 g/mol. The summed E-state index contributed by atoms with van der Waals surface area (Å²) in [6, 6.07) is 4.86. The number of nitrogens with one attached hydrogen (secondary N) is 1. The van der Waals surface area contributed by atoms with Gasteiger partial charge in [-0.3, -0.25) is 14.5 Å². The molecule has 1 fully saturated rings. The molecule has 1 unspecified atom stereocenters. The molecule has 1 aliphatic rings. The van der Waals surface area contributed by atoms with Gasteiger partial charge in [-0.2, -0.15) is 0 Å². The van der Waals surface area contributed by atoms with E-state index in [0.29, 0.717) is 20.1 Å². The fourth-order valence-corrected chi connectivity index (χ4v) is 3.74. The van der Waals surface area contributed by atoms with Crippen LogP contribution in [0.1, 0.15) is 19.8 Å². The molecule has 0 bridgehead atoms. The smallest absolute Gasteiger partial charge is 0.241 e. The summed E-state index contributed by atoms with van der Waals surface area (Å²) in [4.78, 5) is 25.5. The van der Waals surface area contributed by atoms with E-state index in [0.717, 1.165) is 6.42 Å². The SMILES string of the molecule is CCC1SC(=S)N(CCC(=O)Nc2ccc(Cl)c(Cl)c2)C1=O. The fourth-order valence-electron chi connectivity index (χ4n) is 1.97. The van der Waals surface area contributed by atoms with Gasteiger partial charge in [0.15, 0.2) is 0 Å². The Bertz CT molecular complexity index is 625. The van der Waals surface area contributed by atoms with Crippen molar-refractivity contribution in [2.24, 2.45) is 0 Å². The topological polar surface area (TPSA) is 49.4 Å². The molecule has 1 N–H and O–H groups in total. The highest BCUT2D eigenvalue weighted by Gasteiger charge is 2.35. The second-order valence-corrected chi connectivity index (χ2v) is 7.35. The van der Waals surface area contributed by atoms with Gasteiger partial charge in [0.25, 0.3) is 0 Å². The molecule has 1 atom stereocenters. The number of carbonyl (C=O) groups is 2. The monoisotopic (exact) mass is 376 g/mol. The van der Waals surface area contributed by atoms with E-state index in [4.69, 9.17) is 35.4 Å². The van der Waals surface area contributed by atoms with Crippen molar-refractivity contribution in [3.8, 4) is 0 Å². The number of nitrogens with zero attached hydrogens (tertiary/aromatic N) is 1. The van der Waals surface area contributed by atoms with E-state index in [1.807, 2.05) is 6.92 Å². The van der Waals surface area contributed by atoms with Gasteiger partial charge in [-0.25, -0.2) is 0 Å². The van der Waals surface area contributed by atoms with Crippen LogP contribution in [0.5, 0.6) is 0 Å². The number of hydrogen-bond donors (Lipinski definition) is 1. The third kappa shape index (κ3) is 4.13. The number of benzene rings is 1. The van der Waals surface area contributed by atoms with Crippen molar-refractivity contribution in [2.75, 3.05) is 11.9 Å². The van der Waals surface area contributed by atoms with Crippen LogP contribution in [0, 0.1) is 0 Å². The van der Waals surface area contributed by atoms with Crippen molar-refractivity contribution in [3.63, 3.8) is 0 Å². The Hall–Kier alpha value is -0.820. The second kappa shape index (κ2) is 7.64. The van der Waals surface area contributed by atoms with E-state index in [1.165, 1.54) is 16.7 Å². The first-order valence-corrected chi connectivity index (χ1v) is 8.73. The molecule has 1 heterocycles. The Kier molecular flexibility index (Phi) is 6.09. The van der Waals surface area contributed by atoms with Crippen molar-refractivity contribution in [3.05, 3.63) is 28.2 Å². The van der Waals surface area contributed by atoms with E-state index in [1.54, 1.807) is 18.2 Å². The molecule has 0 spiro atoms. The summed E-state index contributed by atoms with van der Waals surface area (Å²) >= 11 is 18.3. The van der Waals surface area contributed by atoms with E-state index in [9.17, 15) is 9.59 Å². The third-order valence-electron chi connectivity index (χ3n) is 3.14. The lowest BCUT2D eigenvalue weighted by Gasteiger charge is -2.15. The lowest BCUT2D eigenvalue weighted by Crippen LogP contribution is -2.33. The zero-order valence-electron chi connectivity index (χ0n) is 11.8. The van der Waals surface area contributed by atoms with Crippen LogP contribution in [0.2, 0.25) is 10.0 Å². The van der Waals surface area contributed by atoms with E-state index < -0.39 is 0 Å². The normalized spacial score (nSPS) is 18.0. The Balaban J connectivity index is 1.89. The number of carbonyl (C=O) groups excluding carboxylic acids is 2. The van der Waals surface area contributed by atoms with Crippen molar-refractivity contribution in [2.45, 2.75) is 25.0 Å². The first-order valence-electron chi connectivity index (χ1n) is 6.69. The lowest BCUT2D eigenvalue weighted by molar-refractivity contribution is -0.126. The second-order valence-electron chi connectivity index (χ2n) is 4.70. The summed E-state index contributed by atoms with van der Waals surface area (Å²) in [6.07, 6.45) is 0.902. The van der Waals surface area contributed by atoms with Gasteiger partial charge in [0.1, 0.15) is 4.32 Å². The van der Waals surface area contributed by atoms with Crippen LogP contribution in [0.3, 0.4) is 0 Å². The number of amides is 2. The standard InChI is InChI=1S/C14H14Cl2N2O2S2/c1-2-11-13(20)18(14(21)22-11)6-5-12(19)17-8-3-4-9(15)10(16)7-8/h3-4,7,11H,2,5-6H2,1H3,(H,17,19). The zero-order chi connectivity index (χ0) is 16.3. The maximum absolute atomic E-state index is 12.1. The predicted molar refractivity (Wildman–Crippen MR) is 95.7 cm³/mol. The van der Waals surface area contributed by atoms with Crippen molar-refractivity contribution in [1.29, 1.82) is 0 Å². The molecule has 1 aromatic rings. The predicted octanol–water partition coefficient (Wildman–Crippen LogP) is 3.96. The van der Waals surface area contributed by atoms with Gasteiger partial charge < -0.3 is 5.32 Å². The maximum Gasteiger partial charge on any atom is 0.241 e. The summed E-state index contributed by atoms with van der Waals surface area (Å²) in [6.45, 7) is 2.23. The van der Waals surface area contributed by atoms with Gasteiger partial charge in [0.05, 0.1) is 15.3 Å². The van der Waals surface area contributed by atoms with Gasteiger partial charge in [0.2, 0.25) is 11.8 Å². The summed E-state index contributed by atoms with van der Waals surface area (Å²) in [5.74, 6) is -0.223. The van der Waals surface area contributed by atoms with Crippen molar-refractivity contribution < 1.29 is 9.59 Å². The van der Waals surface area contributed by atoms with Crippen molar-refractivity contribution >= 4 is 69.0 Å². The molecule has 1 saturated heterocycles. The largest absolute Gasteiger partial charge is 0.326 e. The van der Waals surface area contributed by atoms with Crippen molar-refractivity contribution in [1.82, 2.24) is 4.90 Å². The van der Waals surface area contributed by atoms with Crippen LogP contribution in [0.25, 0.3) is 0 Å². The van der Waals surface area contributed by atoms with E-state index in [-0.39, 0.29) is 30.0 Å². The van der Waals surface area contributed by atoms with Gasteiger partial charge in [0, 0.05) is 18.7 Å². The summed E-state index contributed by atoms with van der Waals surface area (Å²) in [5, 5.41) is 3.40. The molecule has 118 valence electrons. The van der Waals surface area contributed by atoms with Crippen LogP contribution >= 0.6 is 47.2 Å². The first-order chi connectivity index (χ1) is 10.4. The molecule has 2 amide bonds. The van der Waals surface area contributed by atoms with Crippen LogP contribution < -0.4 is 5.32 Å². The molecule has 4 nitrogen and oxygen atoms in total. The van der Waals surface area contributed by atoms with Crippen LogP contribution in [-0.4, -0.2) is 32.8 Å². The zero-order valence-corrected chi connectivity index (χ0v) is 14.9. The Morgan fingerprint density at radius 1 is 1.41 bits per heavy atom. The molecule has 1 aromatic carbocycles.